The molecule has 280 valence electrons. The molecule has 1 heterocycles. The highest BCUT2D eigenvalue weighted by molar-refractivity contribution is 6.25. The van der Waals surface area contributed by atoms with Crippen LogP contribution in [0.5, 0.6) is 0 Å². The van der Waals surface area contributed by atoms with Crippen molar-refractivity contribution in [2.24, 2.45) is 0 Å². The molecule has 11 rings (SSSR count). The van der Waals surface area contributed by atoms with Crippen LogP contribution in [0.3, 0.4) is 0 Å². The first-order valence-electron chi connectivity index (χ1n) is 20.8. The standard InChI is InChI=1S/C57H42N2/c1-4-18-40(19-5-1)45-24-10-12-26-47(45)55-49-28-14-15-29-50(49)56(48-27-13-11-25-46(48)41-20-6-2-7-21-41)52-38-43(36-37-51(52)55)39-32-34-42(35-33-39)57-58-53-30-16-17-31-54(53)59(57)44-22-8-3-9-23-44/h1-10,12,14-22,24-38,44H,11,13,23H2. The van der Waals surface area contributed by atoms with Gasteiger partial charge in [-0.25, -0.2) is 4.98 Å². The van der Waals surface area contributed by atoms with Gasteiger partial charge in [-0.15, -0.1) is 0 Å². The summed E-state index contributed by atoms with van der Waals surface area (Å²) in [5.41, 5.74) is 15.8. The van der Waals surface area contributed by atoms with E-state index >= 15 is 0 Å². The average molecular weight is 755 g/mol. The van der Waals surface area contributed by atoms with Crippen molar-refractivity contribution in [1.29, 1.82) is 0 Å². The van der Waals surface area contributed by atoms with E-state index in [2.05, 4.69) is 217 Å². The van der Waals surface area contributed by atoms with Crippen LogP contribution in [0.2, 0.25) is 0 Å². The molecule has 9 aromatic rings. The Labute approximate surface area is 345 Å². The molecule has 1 aromatic heterocycles. The van der Waals surface area contributed by atoms with Gasteiger partial charge in [0.1, 0.15) is 5.82 Å². The number of hydrogen-bond donors (Lipinski definition) is 0. The Morgan fingerprint density at radius 2 is 1.05 bits per heavy atom. The molecule has 1 atom stereocenters. The predicted octanol–water partition coefficient (Wildman–Crippen LogP) is 15.3. The first-order valence-corrected chi connectivity index (χ1v) is 20.8. The quantitative estimate of drug-likeness (QED) is 0.148. The van der Waals surface area contributed by atoms with Gasteiger partial charge < -0.3 is 4.57 Å². The number of fused-ring (bicyclic) bond motifs is 3. The molecule has 0 saturated heterocycles. The van der Waals surface area contributed by atoms with E-state index in [-0.39, 0.29) is 6.04 Å². The Bertz CT molecular complexity index is 3160. The molecular weight excluding hydrogens is 713 g/mol. The second-order valence-electron chi connectivity index (χ2n) is 15.6. The molecule has 1 unspecified atom stereocenters. The lowest BCUT2D eigenvalue weighted by molar-refractivity contribution is 0.631. The van der Waals surface area contributed by atoms with Crippen molar-refractivity contribution in [3.8, 4) is 44.8 Å². The number of para-hydroxylation sites is 2. The van der Waals surface area contributed by atoms with Crippen molar-refractivity contribution in [3.63, 3.8) is 0 Å². The number of aromatic nitrogens is 2. The van der Waals surface area contributed by atoms with Crippen LogP contribution in [0.4, 0.5) is 0 Å². The van der Waals surface area contributed by atoms with Gasteiger partial charge in [0, 0.05) is 5.56 Å². The lowest BCUT2D eigenvalue weighted by Crippen LogP contribution is -2.08. The van der Waals surface area contributed by atoms with Gasteiger partial charge in [-0.3, -0.25) is 0 Å². The summed E-state index contributed by atoms with van der Waals surface area (Å²) in [5, 5.41) is 5.05. The molecule has 0 saturated carbocycles. The maximum atomic E-state index is 5.19. The van der Waals surface area contributed by atoms with Crippen molar-refractivity contribution < 1.29 is 0 Å². The van der Waals surface area contributed by atoms with Crippen LogP contribution < -0.4 is 0 Å². The van der Waals surface area contributed by atoms with Gasteiger partial charge in [-0.2, -0.15) is 0 Å². The van der Waals surface area contributed by atoms with Crippen LogP contribution in [0, 0.1) is 0 Å². The number of rotatable bonds is 7. The molecule has 2 heteroatoms. The summed E-state index contributed by atoms with van der Waals surface area (Å²) >= 11 is 0. The Kier molecular flexibility index (Phi) is 8.82. The van der Waals surface area contributed by atoms with E-state index in [1.165, 1.54) is 77.2 Å². The molecule has 0 amide bonds. The van der Waals surface area contributed by atoms with Crippen molar-refractivity contribution in [3.05, 3.63) is 224 Å². The van der Waals surface area contributed by atoms with Gasteiger partial charge >= 0.3 is 0 Å². The zero-order valence-electron chi connectivity index (χ0n) is 32.8. The Hall–Kier alpha value is -7.29. The fraction of sp³-hybridized carbons (Fsp3) is 0.0702. The van der Waals surface area contributed by atoms with Crippen molar-refractivity contribution >= 4 is 43.7 Å². The fourth-order valence-electron chi connectivity index (χ4n) is 9.47. The molecule has 2 nitrogen and oxygen atoms in total. The second kappa shape index (κ2) is 14.9. The van der Waals surface area contributed by atoms with Gasteiger partial charge in [-0.1, -0.05) is 194 Å². The third-order valence-corrected chi connectivity index (χ3v) is 12.2. The lowest BCUT2D eigenvalue weighted by Gasteiger charge is -2.24. The monoisotopic (exact) mass is 754 g/mol. The lowest BCUT2D eigenvalue weighted by atomic mass is 9.79. The first kappa shape index (κ1) is 34.9. The summed E-state index contributed by atoms with van der Waals surface area (Å²) in [6.07, 6.45) is 16.7. The van der Waals surface area contributed by atoms with Crippen LogP contribution >= 0.6 is 0 Å². The molecule has 0 bridgehead atoms. The molecule has 0 fully saturated rings. The summed E-state index contributed by atoms with van der Waals surface area (Å²) < 4.78 is 2.41. The minimum atomic E-state index is 0.223. The number of nitrogens with zero attached hydrogens (tertiary/aromatic N) is 2. The summed E-state index contributed by atoms with van der Waals surface area (Å²) in [7, 11) is 0. The van der Waals surface area contributed by atoms with Crippen LogP contribution in [0.15, 0.2) is 212 Å². The molecule has 0 radical (unpaired) electrons. The number of allylic oxidation sites excluding steroid dienone is 8. The van der Waals surface area contributed by atoms with Gasteiger partial charge in [0.25, 0.3) is 0 Å². The zero-order valence-corrected chi connectivity index (χ0v) is 32.8. The van der Waals surface area contributed by atoms with Gasteiger partial charge in [0.2, 0.25) is 0 Å². The van der Waals surface area contributed by atoms with E-state index in [1.807, 2.05) is 0 Å². The maximum absolute atomic E-state index is 5.19. The van der Waals surface area contributed by atoms with Crippen molar-refractivity contribution in [2.75, 3.05) is 0 Å². The maximum Gasteiger partial charge on any atom is 0.141 e. The highest BCUT2D eigenvalue weighted by Gasteiger charge is 2.24. The minimum Gasteiger partial charge on any atom is -0.317 e. The molecule has 2 aliphatic carbocycles. The molecule has 2 aliphatic rings. The van der Waals surface area contributed by atoms with E-state index in [4.69, 9.17) is 4.98 Å². The van der Waals surface area contributed by atoms with Crippen LogP contribution in [0.25, 0.3) is 88.5 Å². The molecular formula is C57H42N2. The Morgan fingerprint density at radius 3 is 1.81 bits per heavy atom. The smallest absolute Gasteiger partial charge is 0.141 e. The van der Waals surface area contributed by atoms with E-state index in [0.29, 0.717) is 0 Å². The topological polar surface area (TPSA) is 17.8 Å². The molecule has 59 heavy (non-hydrogen) atoms. The number of benzene rings is 8. The van der Waals surface area contributed by atoms with E-state index in [1.54, 1.807) is 0 Å². The second-order valence-corrected chi connectivity index (χ2v) is 15.6. The van der Waals surface area contributed by atoms with Crippen molar-refractivity contribution in [2.45, 2.75) is 25.3 Å². The zero-order chi connectivity index (χ0) is 39.1. The van der Waals surface area contributed by atoms with Gasteiger partial charge in [0.05, 0.1) is 17.1 Å². The highest BCUT2D eigenvalue weighted by atomic mass is 15.1. The summed E-state index contributed by atoms with van der Waals surface area (Å²) in [5.74, 6) is 1.00. The number of hydrogen-bond acceptors (Lipinski definition) is 1. The summed E-state index contributed by atoms with van der Waals surface area (Å²) in [6.45, 7) is 0. The normalized spacial score (nSPS) is 15.2. The van der Waals surface area contributed by atoms with Crippen LogP contribution in [-0.2, 0) is 0 Å². The third-order valence-electron chi connectivity index (χ3n) is 12.2. The van der Waals surface area contributed by atoms with Crippen LogP contribution in [0.1, 0.15) is 36.4 Å². The summed E-state index contributed by atoms with van der Waals surface area (Å²) in [6, 6.07) is 64.6. The average Bonchev–Trinajstić information content (AvgIpc) is 3.71. The van der Waals surface area contributed by atoms with E-state index in [9.17, 15) is 0 Å². The Morgan fingerprint density at radius 1 is 0.441 bits per heavy atom. The highest BCUT2D eigenvalue weighted by Crippen LogP contribution is 2.49. The third kappa shape index (κ3) is 6.16. The minimum absolute atomic E-state index is 0.223. The molecule has 0 aliphatic heterocycles. The predicted molar refractivity (Wildman–Crippen MR) is 250 cm³/mol. The number of imidazole rings is 1. The van der Waals surface area contributed by atoms with E-state index in [0.717, 1.165) is 41.7 Å². The van der Waals surface area contributed by atoms with Crippen LogP contribution in [-0.4, -0.2) is 9.55 Å². The van der Waals surface area contributed by atoms with Crippen molar-refractivity contribution in [1.82, 2.24) is 9.55 Å². The fourth-order valence-corrected chi connectivity index (χ4v) is 9.47. The Balaban J connectivity index is 1.13. The molecule has 8 aromatic carbocycles. The first-order chi connectivity index (χ1) is 29.3. The van der Waals surface area contributed by atoms with Gasteiger partial charge in [-0.05, 0) is 115 Å². The van der Waals surface area contributed by atoms with Gasteiger partial charge in [0.15, 0.2) is 0 Å². The molecule has 0 N–H and O–H groups in total. The summed E-state index contributed by atoms with van der Waals surface area (Å²) in [4.78, 5) is 5.19. The molecule has 0 spiro atoms. The largest absolute Gasteiger partial charge is 0.317 e. The SMILES string of the molecule is C1=CCC(n2c(-c3ccc(-c4ccc5c(-c6ccccc6-c6ccccc6)c6ccccc6c(C6=CCCC=C6c6ccccc6)c5c4)cc3)nc3ccccc32)C=C1. The van der Waals surface area contributed by atoms with E-state index < -0.39 is 0 Å².